The molecule has 2 aliphatic rings. The van der Waals surface area contributed by atoms with E-state index in [9.17, 15) is 24.3 Å². The molecular weight excluding hydrogens is 553 g/mol. The first-order chi connectivity index (χ1) is 19.5. The zero-order valence-corrected chi connectivity index (χ0v) is 27.1. The number of hydrogen-bond acceptors (Lipinski definition) is 8. The van der Waals surface area contributed by atoms with Gasteiger partial charge in [0.2, 0.25) is 0 Å². The van der Waals surface area contributed by atoms with Gasteiger partial charge in [0.1, 0.15) is 11.5 Å². The van der Waals surface area contributed by atoms with E-state index in [1.54, 1.807) is 20.8 Å². The number of carbonyl (C=O) groups excluding carboxylic acids is 3. The summed E-state index contributed by atoms with van der Waals surface area (Å²) >= 11 is 3.19. The number of thiol groups is 1. The maximum absolute atomic E-state index is 12.3. The van der Waals surface area contributed by atoms with Crippen molar-refractivity contribution in [3.8, 4) is 11.5 Å². The topological polar surface area (TPSA) is 130 Å². The number of hydrogen-bond donors (Lipinski definition) is 3. The first-order valence-corrected chi connectivity index (χ1v) is 14.7. The molecule has 0 saturated heterocycles. The molecule has 2 N–H and O–H groups in total. The van der Waals surface area contributed by atoms with E-state index in [1.807, 2.05) is 33.8 Å². The maximum atomic E-state index is 12.3. The summed E-state index contributed by atoms with van der Waals surface area (Å²) < 4.78 is 8.07. The molecule has 0 atom stereocenters. The molecule has 1 aliphatic carbocycles. The van der Waals surface area contributed by atoms with Gasteiger partial charge in [-0.1, -0.05) is 54.4 Å². The summed E-state index contributed by atoms with van der Waals surface area (Å²) in [6.45, 7) is 15.1. The molecule has 0 unspecified atom stereocenters. The van der Waals surface area contributed by atoms with Crippen molar-refractivity contribution in [3.63, 3.8) is 0 Å². The Morgan fingerprint density at radius 3 is 2.19 bits per heavy atom. The SMILES string of the molecule is CCCCC1=CC(=O)C(C(C)(C)CC(=O)O)=C(C)C1=O.CCCCc1cc2c(c(C)c1O)C(C)(C)CC(=O)O2.[B]=NS. The Balaban J connectivity index is 0.000000384. The zero-order chi connectivity index (χ0) is 32.4. The summed E-state index contributed by atoms with van der Waals surface area (Å²) in [7, 11) is 4.34. The van der Waals surface area contributed by atoms with Crippen molar-refractivity contribution >= 4 is 44.0 Å². The molecule has 3 rings (SSSR count). The Labute approximate surface area is 256 Å². The number of aromatic hydroxyl groups is 1. The van der Waals surface area contributed by atoms with E-state index in [4.69, 9.17) is 9.84 Å². The number of fused-ring (bicyclic) bond motifs is 1. The normalized spacial score (nSPS) is 15.8. The molecule has 0 spiro atoms. The van der Waals surface area contributed by atoms with Crippen LogP contribution in [0.15, 0.2) is 33.2 Å². The number of carboxylic acids is 1. The van der Waals surface area contributed by atoms with Gasteiger partial charge < -0.3 is 14.9 Å². The summed E-state index contributed by atoms with van der Waals surface area (Å²) in [6, 6.07) is 1.84. The number of rotatable bonds is 9. The predicted molar refractivity (Wildman–Crippen MR) is 168 cm³/mol. The fourth-order valence-electron chi connectivity index (χ4n) is 5.63. The number of unbranched alkanes of at least 4 members (excludes halogenated alkanes) is 2. The first-order valence-electron chi connectivity index (χ1n) is 14.3. The van der Waals surface area contributed by atoms with Crippen LogP contribution < -0.4 is 4.74 Å². The summed E-state index contributed by atoms with van der Waals surface area (Å²) in [5.74, 6) is -0.521. The summed E-state index contributed by atoms with van der Waals surface area (Å²) in [5, 5.41) is 19.3. The van der Waals surface area contributed by atoms with Crippen molar-refractivity contribution in [2.24, 2.45) is 9.72 Å². The van der Waals surface area contributed by atoms with E-state index in [1.165, 1.54) is 6.08 Å². The van der Waals surface area contributed by atoms with Gasteiger partial charge >= 0.3 is 36.7 Å². The Morgan fingerprint density at radius 1 is 1.12 bits per heavy atom. The molecule has 0 saturated carbocycles. The zero-order valence-electron chi connectivity index (χ0n) is 26.2. The van der Waals surface area contributed by atoms with Gasteiger partial charge in [-0.25, -0.2) is 0 Å². The van der Waals surface area contributed by atoms with Gasteiger partial charge in [-0.2, -0.15) is 0 Å². The van der Waals surface area contributed by atoms with Gasteiger partial charge in [-0.15, -0.1) is 0 Å². The molecule has 1 aliphatic heterocycles. The number of benzene rings is 1. The fraction of sp³-hybridized carbons (Fsp3) is 0.562. The van der Waals surface area contributed by atoms with Gasteiger partial charge in [0.15, 0.2) is 11.6 Å². The molecule has 8 nitrogen and oxygen atoms in total. The number of carbonyl (C=O) groups is 4. The molecule has 0 bridgehead atoms. The van der Waals surface area contributed by atoms with Crippen LogP contribution in [0.3, 0.4) is 0 Å². The van der Waals surface area contributed by atoms with Crippen LogP contribution in [-0.2, 0) is 31.0 Å². The van der Waals surface area contributed by atoms with Crippen molar-refractivity contribution in [2.75, 3.05) is 0 Å². The van der Waals surface area contributed by atoms with Crippen molar-refractivity contribution < 1.29 is 34.1 Å². The molecule has 229 valence electrons. The van der Waals surface area contributed by atoms with Crippen LogP contribution in [-0.4, -0.2) is 41.4 Å². The van der Waals surface area contributed by atoms with E-state index in [0.717, 1.165) is 48.8 Å². The molecule has 1 aromatic rings. The average molecular weight is 599 g/mol. The number of phenols is 1. The molecule has 1 radical (unpaired) electrons. The Bertz CT molecular complexity index is 1280. The number of nitrogens with zero attached hydrogens (tertiary/aromatic N) is 1. The number of Topliss-reactive ketones (excluding diaryl/α,β-unsaturated/α-hetero) is 1. The molecular formula is C32H45BNO7S. The Hall–Kier alpha value is -3.01. The number of ketones is 2. The fourth-order valence-corrected chi connectivity index (χ4v) is 5.63. The number of ether oxygens (including phenoxy) is 1. The summed E-state index contributed by atoms with van der Waals surface area (Å²) in [5.41, 5.74) is 2.85. The van der Waals surface area contributed by atoms with E-state index >= 15 is 0 Å². The molecule has 1 aromatic carbocycles. The Kier molecular flexibility index (Phi) is 14.1. The van der Waals surface area contributed by atoms with Gasteiger partial charge in [0, 0.05) is 33.1 Å². The van der Waals surface area contributed by atoms with E-state index in [2.05, 4.69) is 31.7 Å². The van der Waals surface area contributed by atoms with Crippen LogP contribution in [0.5, 0.6) is 11.5 Å². The van der Waals surface area contributed by atoms with Gasteiger partial charge in [-0.3, -0.25) is 19.2 Å². The molecule has 0 fully saturated rings. The van der Waals surface area contributed by atoms with Gasteiger partial charge in [0.25, 0.3) is 0 Å². The van der Waals surface area contributed by atoms with Crippen LogP contribution in [0.25, 0.3) is 0 Å². The minimum absolute atomic E-state index is 0.119. The van der Waals surface area contributed by atoms with Crippen LogP contribution in [0.1, 0.15) is 110 Å². The number of aliphatic carboxylic acids is 1. The van der Waals surface area contributed by atoms with Crippen LogP contribution in [0.4, 0.5) is 0 Å². The number of allylic oxidation sites excluding steroid dienone is 4. The van der Waals surface area contributed by atoms with Crippen molar-refractivity contribution in [2.45, 2.75) is 112 Å². The second-order valence-electron chi connectivity index (χ2n) is 12.1. The average Bonchev–Trinajstić information content (AvgIpc) is 2.85. The first kappa shape index (κ1) is 37.0. The number of aryl methyl sites for hydroxylation is 1. The third-order valence-electron chi connectivity index (χ3n) is 7.50. The summed E-state index contributed by atoms with van der Waals surface area (Å²) in [6.07, 6.45) is 6.91. The van der Waals surface area contributed by atoms with Crippen molar-refractivity contribution in [3.05, 3.63) is 45.6 Å². The Morgan fingerprint density at radius 2 is 1.67 bits per heavy atom. The summed E-state index contributed by atoms with van der Waals surface area (Å²) in [4.78, 5) is 47.2. The van der Waals surface area contributed by atoms with Crippen LogP contribution in [0.2, 0.25) is 0 Å². The van der Waals surface area contributed by atoms with E-state index in [0.29, 0.717) is 41.1 Å². The molecule has 1 heterocycles. The number of phenolic OH excluding ortho intramolecular Hbond substituents is 1. The predicted octanol–water partition coefficient (Wildman–Crippen LogP) is 6.89. The van der Waals surface area contributed by atoms with E-state index < -0.39 is 11.4 Å². The number of carboxylic acid groups (broad SMARTS) is 1. The molecule has 0 amide bonds. The second-order valence-corrected chi connectivity index (χ2v) is 12.3. The van der Waals surface area contributed by atoms with Crippen molar-refractivity contribution in [1.29, 1.82) is 0 Å². The molecule has 42 heavy (non-hydrogen) atoms. The third kappa shape index (κ3) is 9.51. The van der Waals surface area contributed by atoms with E-state index in [-0.39, 0.29) is 29.4 Å². The monoisotopic (exact) mass is 598 g/mol. The number of esters is 1. The third-order valence-corrected chi connectivity index (χ3v) is 7.50. The van der Waals surface area contributed by atoms with Gasteiger partial charge in [0.05, 0.1) is 12.8 Å². The molecule has 10 heteroatoms. The van der Waals surface area contributed by atoms with Crippen LogP contribution >= 0.6 is 12.8 Å². The molecule has 0 aromatic heterocycles. The van der Waals surface area contributed by atoms with Crippen LogP contribution in [0, 0.1) is 12.3 Å². The van der Waals surface area contributed by atoms with Crippen molar-refractivity contribution in [1.82, 2.24) is 0 Å². The standard InChI is InChI=1S/C16H22O4.C16H22O3.BHNS/c1-5-6-7-11-8-12(17)14(10(2)15(11)20)16(3,4)9-13(18)19;1-5-6-7-11-8-12-14(10(2)15(11)18)16(3,4)9-13(17)19-12;1-2-3/h8H,5-7,9H2,1-4H3,(H,18,19);8,18H,5-7,9H2,1-4H3;3H. The minimum atomic E-state index is -0.976. The quantitative estimate of drug-likeness (QED) is 0.0928. The second kappa shape index (κ2) is 16.0. The van der Waals surface area contributed by atoms with Gasteiger partial charge in [-0.05, 0) is 62.8 Å².